The van der Waals surface area contributed by atoms with Gasteiger partial charge in [-0.1, -0.05) is 6.07 Å². The van der Waals surface area contributed by atoms with Crippen molar-refractivity contribution in [1.82, 2.24) is 0 Å². The Morgan fingerprint density at radius 3 is 1.75 bits per heavy atom. The zero-order chi connectivity index (χ0) is 15.9. The lowest BCUT2D eigenvalue weighted by Crippen LogP contribution is -2.50. The molecule has 0 spiro atoms. The number of benzene rings is 1. The molecule has 0 aliphatic carbocycles. The van der Waals surface area contributed by atoms with E-state index in [0.717, 1.165) is 6.92 Å². The molecule has 0 atom stereocenters. The second kappa shape index (κ2) is 4.64. The zero-order valence-electron chi connectivity index (χ0n) is 9.86. The molecule has 0 fully saturated rings. The minimum atomic E-state index is -6.19. The number of carbonyl (C=O) groups excluding carboxylic acids is 1. The Labute approximate surface area is 108 Å². The van der Waals surface area contributed by atoms with E-state index in [1.54, 1.807) is 0 Å². The summed E-state index contributed by atoms with van der Waals surface area (Å²) in [6.07, 6.45) is -12.4. The fourth-order valence-corrected chi connectivity index (χ4v) is 1.67. The Kier molecular flexibility index (Phi) is 3.77. The van der Waals surface area contributed by atoms with Gasteiger partial charge in [-0.05, 0) is 24.6 Å². The van der Waals surface area contributed by atoms with Crippen molar-refractivity contribution in [2.45, 2.75) is 24.9 Å². The lowest BCUT2D eigenvalue weighted by Gasteiger charge is -2.31. The lowest BCUT2D eigenvalue weighted by molar-refractivity contribution is -0.348. The van der Waals surface area contributed by atoms with E-state index >= 15 is 0 Å². The molecule has 1 aromatic carbocycles. The van der Waals surface area contributed by atoms with Gasteiger partial charge in [0.1, 0.15) is 0 Å². The fourth-order valence-electron chi connectivity index (χ4n) is 1.67. The van der Waals surface area contributed by atoms with Crippen LogP contribution in [0.5, 0.6) is 0 Å². The molecule has 1 rings (SSSR count). The average Bonchev–Trinajstić information content (AvgIpc) is 2.24. The van der Waals surface area contributed by atoms with Crippen molar-refractivity contribution in [3.8, 4) is 0 Å². The first-order valence-corrected chi connectivity index (χ1v) is 5.05. The van der Waals surface area contributed by atoms with Crippen LogP contribution >= 0.6 is 0 Å². The molecule has 2 N–H and O–H groups in total. The van der Waals surface area contributed by atoms with Crippen LogP contribution in [0.3, 0.4) is 0 Å². The number of nitrogens with two attached hydrogens (primary N) is 1. The van der Waals surface area contributed by atoms with Crippen LogP contribution in [0.15, 0.2) is 18.2 Å². The van der Waals surface area contributed by atoms with Gasteiger partial charge in [0.2, 0.25) is 5.91 Å². The number of rotatable bonds is 2. The molecule has 2 nitrogen and oxygen atoms in total. The van der Waals surface area contributed by atoms with Crippen molar-refractivity contribution in [1.29, 1.82) is 0 Å². The quantitative estimate of drug-likeness (QED) is 0.836. The highest BCUT2D eigenvalue weighted by molar-refractivity contribution is 5.93. The molecule has 0 heterocycles. The molecule has 20 heavy (non-hydrogen) atoms. The lowest BCUT2D eigenvalue weighted by atomic mass is 9.89. The molecule has 1 amide bonds. The first-order chi connectivity index (χ1) is 8.82. The minimum Gasteiger partial charge on any atom is -0.366 e. The topological polar surface area (TPSA) is 43.1 Å². The Hall–Kier alpha value is -1.80. The third kappa shape index (κ3) is 2.44. The van der Waals surface area contributed by atoms with Crippen LogP contribution in [-0.2, 0) is 5.67 Å². The van der Waals surface area contributed by atoms with Crippen molar-refractivity contribution in [2.24, 2.45) is 5.73 Å². The van der Waals surface area contributed by atoms with Crippen molar-refractivity contribution in [2.75, 3.05) is 0 Å². The molecule has 0 aromatic heterocycles. The van der Waals surface area contributed by atoms with E-state index in [1.807, 2.05) is 0 Å². The molecule has 0 aliphatic heterocycles. The molecule has 0 aliphatic rings. The standard InChI is InChI=1S/C11H8F7NO/c1-5-4-6(8(19)20)2-3-7(5)9(12,10(13,14)15)11(16,17)18/h2-4H,1H3,(H2,19,20). The van der Waals surface area contributed by atoms with Crippen LogP contribution < -0.4 is 5.73 Å². The molecule has 0 saturated carbocycles. The molecule has 9 heteroatoms. The SMILES string of the molecule is Cc1cc(C(N)=O)ccc1C(F)(C(F)(F)F)C(F)(F)F. The maximum absolute atomic E-state index is 13.8. The van der Waals surface area contributed by atoms with Crippen LogP contribution in [0.4, 0.5) is 30.7 Å². The van der Waals surface area contributed by atoms with Gasteiger partial charge in [-0.25, -0.2) is 4.39 Å². The van der Waals surface area contributed by atoms with Crippen LogP contribution in [-0.4, -0.2) is 18.3 Å². The maximum Gasteiger partial charge on any atom is 0.435 e. The minimum absolute atomic E-state index is 0.260. The van der Waals surface area contributed by atoms with E-state index in [0.29, 0.717) is 12.1 Å². The summed E-state index contributed by atoms with van der Waals surface area (Å²) in [7, 11) is 0. The zero-order valence-corrected chi connectivity index (χ0v) is 9.86. The van der Waals surface area contributed by atoms with E-state index in [4.69, 9.17) is 5.73 Å². The third-order valence-corrected chi connectivity index (χ3v) is 2.66. The smallest absolute Gasteiger partial charge is 0.366 e. The second-order valence-corrected chi connectivity index (χ2v) is 4.05. The summed E-state index contributed by atoms with van der Waals surface area (Å²) >= 11 is 0. The van der Waals surface area contributed by atoms with Gasteiger partial charge in [-0.2, -0.15) is 26.3 Å². The van der Waals surface area contributed by atoms with Gasteiger partial charge in [-0.3, -0.25) is 4.79 Å². The Morgan fingerprint density at radius 1 is 1.00 bits per heavy atom. The number of hydrogen-bond donors (Lipinski definition) is 1. The summed E-state index contributed by atoms with van der Waals surface area (Å²) in [5.41, 5.74) is -3.30. The monoisotopic (exact) mass is 303 g/mol. The predicted molar refractivity (Wildman–Crippen MR) is 54.6 cm³/mol. The molecular weight excluding hydrogens is 295 g/mol. The van der Waals surface area contributed by atoms with Gasteiger partial charge in [0, 0.05) is 11.1 Å². The third-order valence-electron chi connectivity index (χ3n) is 2.66. The fraction of sp³-hybridized carbons (Fsp3) is 0.364. The highest BCUT2D eigenvalue weighted by Crippen LogP contribution is 2.53. The van der Waals surface area contributed by atoms with Gasteiger partial charge >= 0.3 is 18.0 Å². The Bertz CT molecular complexity index is 519. The maximum atomic E-state index is 13.8. The predicted octanol–water partition coefficient (Wildman–Crippen LogP) is 3.38. The van der Waals surface area contributed by atoms with Crippen molar-refractivity contribution in [3.05, 3.63) is 34.9 Å². The molecular formula is C11H8F7NO. The van der Waals surface area contributed by atoms with Gasteiger partial charge < -0.3 is 5.73 Å². The highest BCUT2D eigenvalue weighted by Gasteiger charge is 2.73. The molecule has 0 saturated heterocycles. The van der Waals surface area contributed by atoms with Crippen LogP contribution in [0, 0.1) is 6.92 Å². The van der Waals surface area contributed by atoms with Gasteiger partial charge in [0.15, 0.2) is 0 Å². The highest BCUT2D eigenvalue weighted by atomic mass is 19.4. The molecule has 112 valence electrons. The first-order valence-electron chi connectivity index (χ1n) is 5.05. The summed E-state index contributed by atoms with van der Waals surface area (Å²) in [5.74, 6) is -1.05. The van der Waals surface area contributed by atoms with Crippen LogP contribution in [0.1, 0.15) is 21.5 Å². The van der Waals surface area contributed by atoms with Crippen LogP contribution in [0.2, 0.25) is 0 Å². The summed E-state index contributed by atoms with van der Waals surface area (Å²) in [5, 5.41) is 0. The number of amides is 1. The van der Waals surface area contributed by atoms with E-state index in [1.165, 1.54) is 0 Å². The Morgan fingerprint density at radius 2 is 1.45 bits per heavy atom. The van der Waals surface area contributed by atoms with E-state index in [9.17, 15) is 35.5 Å². The van der Waals surface area contributed by atoms with E-state index in [2.05, 4.69) is 0 Å². The molecule has 0 radical (unpaired) electrons. The largest absolute Gasteiger partial charge is 0.435 e. The normalized spacial score (nSPS) is 13.4. The molecule has 1 aromatic rings. The summed E-state index contributed by atoms with van der Waals surface area (Å²) < 4.78 is 89.0. The number of carbonyl (C=O) groups is 1. The summed E-state index contributed by atoms with van der Waals surface area (Å²) in [6.45, 7) is 0.827. The van der Waals surface area contributed by atoms with Crippen molar-refractivity contribution in [3.63, 3.8) is 0 Å². The van der Waals surface area contributed by atoms with Gasteiger partial charge in [-0.15, -0.1) is 0 Å². The van der Waals surface area contributed by atoms with Gasteiger partial charge in [0.05, 0.1) is 0 Å². The molecule has 0 unspecified atom stereocenters. The second-order valence-electron chi connectivity index (χ2n) is 4.05. The van der Waals surface area contributed by atoms with Crippen molar-refractivity contribution >= 4 is 5.91 Å². The van der Waals surface area contributed by atoms with E-state index < -0.39 is 35.1 Å². The number of aryl methyl sites for hydroxylation is 1. The number of hydrogen-bond acceptors (Lipinski definition) is 1. The van der Waals surface area contributed by atoms with Crippen molar-refractivity contribution < 1.29 is 35.5 Å². The van der Waals surface area contributed by atoms with Gasteiger partial charge in [0.25, 0.3) is 0 Å². The average molecular weight is 303 g/mol. The molecule has 0 bridgehead atoms. The number of alkyl halides is 7. The first kappa shape index (κ1) is 16.3. The summed E-state index contributed by atoms with van der Waals surface area (Å²) in [4.78, 5) is 10.8. The van der Waals surface area contributed by atoms with E-state index in [-0.39, 0.29) is 11.6 Å². The number of primary amides is 1. The van der Waals surface area contributed by atoms with Crippen LogP contribution in [0.25, 0.3) is 0 Å². The number of halogens is 7. The summed E-state index contributed by atoms with van der Waals surface area (Å²) in [6, 6.07) is 1.54. The Balaban J connectivity index is 3.57.